The molecule has 0 spiro atoms. The number of nitrogens with one attached hydrogen (secondary N) is 1. The quantitative estimate of drug-likeness (QED) is 0.290. The molecule has 0 radical (unpaired) electrons. The van der Waals surface area contributed by atoms with E-state index in [9.17, 15) is 0 Å². The number of hydrogen-bond donors (Lipinski definition) is 2. The average Bonchev–Trinajstić information content (AvgIpc) is 2.26. The zero-order valence-electron chi connectivity index (χ0n) is 10.0. The van der Waals surface area contributed by atoms with Gasteiger partial charge in [0.15, 0.2) is 0 Å². The van der Waals surface area contributed by atoms with Crippen molar-refractivity contribution in [3.05, 3.63) is 0 Å². The lowest BCUT2D eigenvalue weighted by atomic mass is 10.1. The molecule has 1 fully saturated rings. The van der Waals surface area contributed by atoms with E-state index < -0.39 is 0 Å². The van der Waals surface area contributed by atoms with Gasteiger partial charge < -0.3 is 9.80 Å². The molecule has 1 aliphatic heterocycles. The number of piperidine rings is 1. The number of nitrogens with zero attached hydrogens (tertiary/aromatic N) is 3. The van der Waals surface area contributed by atoms with Crippen molar-refractivity contribution in [2.45, 2.75) is 25.8 Å². The van der Waals surface area contributed by atoms with Gasteiger partial charge in [-0.25, -0.2) is 5.84 Å². The maximum absolute atomic E-state index is 5.48. The van der Waals surface area contributed by atoms with Crippen molar-refractivity contribution in [2.75, 3.05) is 33.7 Å². The highest BCUT2D eigenvalue weighted by molar-refractivity contribution is 5.79. The molecule has 5 heteroatoms. The molecule has 1 aliphatic rings. The summed E-state index contributed by atoms with van der Waals surface area (Å²) in [4.78, 5) is 8.85. The molecule has 0 aliphatic carbocycles. The van der Waals surface area contributed by atoms with Crippen LogP contribution in [-0.4, -0.2) is 55.5 Å². The predicted octanol–water partition coefficient (Wildman–Crippen LogP) is -0.148. The van der Waals surface area contributed by atoms with E-state index >= 15 is 0 Å². The Hall–Kier alpha value is -0.810. The summed E-state index contributed by atoms with van der Waals surface area (Å²) in [6.45, 7) is 4.84. The van der Waals surface area contributed by atoms with E-state index in [0.717, 1.165) is 25.6 Å². The van der Waals surface area contributed by atoms with Crippen LogP contribution in [0.3, 0.4) is 0 Å². The average molecular weight is 213 g/mol. The van der Waals surface area contributed by atoms with E-state index in [1.165, 1.54) is 12.8 Å². The SMILES string of the molecule is CCN=C(NN)N1CCCC(N(C)C)C1. The Morgan fingerprint density at radius 3 is 2.87 bits per heavy atom. The van der Waals surface area contributed by atoms with Crippen molar-refractivity contribution in [3.8, 4) is 0 Å². The zero-order chi connectivity index (χ0) is 11.3. The van der Waals surface area contributed by atoms with Crippen molar-refractivity contribution in [1.82, 2.24) is 15.2 Å². The summed E-state index contributed by atoms with van der Waals surface area (Å²) in [6, 6.07) is 0.606. The first-order chi connectivity index (χ1) is 7.19. The first kappa shape index (κ1) is 12.3. The van der Waals surface area contributed by atoms with Crippen molar-refractivity contribution < 1.29 is 0 Å². The molecule has 5 nitrogen and oxygen atoms in total. The number of likely N-dealkylation sites (N-methyl/N-ethyl adjacent to an activating group) is 1. The molecule has 0 aromatic heterocycles. The number of guanidine groups is 1. The first-order valence-electron chi connectivity index (χ1n) is 5.61. The minimum atomic E-state index is 0.606. The molecule has 0 bridgehead atoms. The summed E-state index contributed by atoms with van der Waals surface area (Å²) in [7, 11) is 4.25. The summed E-state index contributed by atoms with van der Waals surface area (Å²) >= 11 is 0. The molecule has 88 valence electrons. The Labute approximate surface area is 92.3 Å². The standard InChI is InChI=1S/C10H23N5/c1-4-12-10(13-11)15-7-5-6-9(8-15)14(2)3/h9H,4-8,11H2,1-3H3,(H,12,13). The van der Waals surface area contributed by atoms with Crippen LogP contribution in [0.4, 0.5) is 0 Å². The van der Waals surface area contributed by atoms with Gasteiger partial charge in [-0.2, -0.15) is 0 Å². The van der Waals surface area contributed by atoms with Crippen LogP contribution in [-0.2, 0) is 0 Å². The number of likely N-dealkylation sites (tertiary alicyclic amines) is 1. The third kappa shape index (κ3) is 3.35. The Morgan fingerprint density at radius 2 is 2.33 bits per heavy atom. The van der Waals surface area contributed by atoms with Gasteiger partial charge in [0.25, 0.3) is 0 Å². The minimum absolute atomic E-state index is 0.606. The molecule has 0 saturated carbocycles. The number of nitrogens with two attached hydrogens (primary N) is 1. The summed E-state index contributed by atoms with van der Waals surface area (Å²) in [6.07, 6.45) is 2.46. The molecule has 1 saturated heterocycles. The van der Waals surface area contributed by atoms with Gasteiger partial charge in [0, 0.05) is 25.7 Å². The molecule has 1 atom stereocenters. The number of rotatable bonds is 2. The fraction of sp³-hybridized carbons (Fsp3) is 0.900. The normalized spacial score (nSPS) is 23.4. The van der Waals surface area contributed by atoms with Crippen molar-refractivity contribution >= 4 is 5.96 Å². The van der Waals surface area contributed by atoms with Crippen LogP contribution in [0.15, 0.2) is 4.99 Å². The van der Waals surface area contributed by atoms with Gasteiger partial charge >= 0.3 is 0 Å². The van der Waals surface area contributed by atoms with E-state index in [1.54, 1.807) is 0 Å². The molecule has 15 heavy (non-hydrogen) atoms. The van der Waals surface area contributed by atoms with Crippen LogP contribution in [0.25, 0.3) is 0 Å². The summed E-state index contributed by atoms with van der Waals surface area (Å²) < 4.78 is 0. The Morgan fingerprint density at radius 1 is 1.60 bits per heavy atom. The molecule has 0 aromatic rings. The monoisotopic (exact) mass is 213 g/mol. The highest BCUT2D eigenvalue weighted by Crippen LogP contribution is 2.13. The highest BCUT2D eigenvalue weighted by Gasteiger charge is 2.22. The van der Waals surface area contributed by atoms with Crippen LogP contribution in [0.1, 0.15) is 19.8 Å². The van der Waals surface area contributed by atoms with E-state index in [4.69, 9.17) is 5.84 Å². The molecule has 1 rings (SSSR count). The lowest BCUT2D eigenvalue weighted by Crippen LogP contribution is -2.53. The fourth-order valence-corrected chi connectivity index (χ4v) is 1.96. The topological polar surface area (TPSA) is 56.9 Å². The second-order valence-corrected chi connectivity index (χ2v) is 4.15. The van der Waals surface area contributed by atoms with Gasteiger partial charge in [0.1, 0.15) is 0 Å². The number of hydrazine groups is 1. The number of hydrogen-bond acceptors (Lipinski definition) is 3. The molecule has 1 unspecified atom stereocenters. The lowest BCUT2D eigenvalue weighted by Gasteiger charge is -2.37. The summed E-state index contributed by atoms with van der Waals surface area (Å²) in [5.41, 5.74) is 2.69. The lowest BCUT2D eigenvalue weighted by molar-refractivity contribution is 0.181. The number of aliphatic imine (C=N–C) groups is 1. The van der Waals surface area contributed by atoms with E-state index in [-0.39, 0.29) is 0 Å². The molecule has 1 heterocycles. The second-order valence-electron chi connectivity index (χ2n) is 4.15. The van der Waals surface area contributed by atoms with Gasteiger partial charge in [-0.1, -0.05) is 0 Å². The van der Waals surface area contributed by atoms with E-state index in [1.807, 2.05) is 6.92 Å². The molecule has 0 amide bonds. The minimum Gasteiger partial charge on any atom is -0.340 e. The highest BCUT2D eigenvalue weighted by atomic mass is 15.4. The summed E-state index contributed by atoms with van der Waals surface area (Å²) in [5.74, 6) is 6.30. The molecular weight excluding hydrogens is 190 g/mol. The van der Waals surface area contributed by atoms with E-state index in [2.05, 4.69) is 34.3 Å². The first-order valence-corrected chi connectivity index (χ1v) is 5.61. The van der Waals surface area contributed by atoms with Crippen LogP contribution >= 0.6 is 0 Å². The second kappa shape index (κ2) is 5.92. The Kier molecular flexibility index (Phi) is 4.84. The zero-order valence-corrected chi connectivity index (χ0v) is 10.0. The fourth-order valence-electron chi connectivity index (χ4n) is 1.96. The van der Waals surface area contributed by atoms with Gasteiger partial charge in [-0.3, -0.25) is 10.4 Å². The molecular formula is C10H23N5. The van der Waals surface area contributed by atoms with Crippen molar-refractivity contribution in [3.63, 3.8) is 0 Å². The van der Waals surface area contributed by atoms with Crippen LogP contribution < -0.4 is 11.3 Å². The Balaban J connectivity index is 2.58. The van der Waals surface area contributed by atoms with Gasteiger partial charge in [0.2, 0.25) is 5.96 Å². The van der Waals surface area contributed by atoms with Crippen LogP contribution in [0.2, 0.25) is 0 Å². The summed E-state index contributed by atoms with van der Waals surface area (Å²) in [5, 5.41) is 0. The van der Waals surface area contributed by atoms with Gasteiger partial charge in [0.05, 0.1) is 0 Å². The van der Waals surface area contributed by atoms with Gasteiger partial charge in [-0.05, 0) is 33.9 Å². The third-order valence-corrected chi connectivity index (χ3v) is 2.86. The predicted molar refractivity (Wildman–Crippen MR) is 63.6 cm³/mol. The maximum Gasteiger partial charge on any atom is 0.208 e. The molecule has 0 aromatic carbocycles. The van der Waals surface area contributed by atoms with Crippen LogP contribution in [0, 0.1) is 0 Å². The van der Waals surface area contributed by atoms with Crippen LogP contribution in [0.5, 0.6) is 0 Å². The maximum atomic E-state index is 5.48. The third-order valence-electron chi connectivity index (χ3n) is 2.86. The van der Waals surface area contributed by atoms with Crippen molar-refractivity contribution in [1.29, 1.82) is 0 Å². The van der Waals surface area contributed by atoms with E-state index in [0.29, 0.717) is 6.04 Å². The van der Waals surface area contributed by atoms with Gasteiger partial charge in [-0.15, -0.1) is 0 Å². The Bertz CT molecular complexity index is 214. The smallest absolute Gasteiger partial charge is 0.208 e. The largest absolute Gasteiger partial charge is 0.340 e. The van der Waals surface area contributed by atoms with Crippen molar-refractivity contribution in [2.24, 2.45) is 10.8 Å². The molecule has 3 N–H and O–H groups in total.